The van der Waals surface area contributed by atoms with E-state index in [-0.39, 0.29) is 24.3 Å². The first kappa shape index (κ1) is 14.4. The molecule has 2 atom stereocenters. The van der Waals surface area contributed by atoms with Gasteiger partial charge in [-0.1, -0.05) is 18.2 Å². The van der Waals surface area contributed by atoms with Crippen LogP contribution in [0.4, 0.5) is 5.69 Å². The molecule has 0 fully saturated rings. The lowest BCUT2D eigenvalue weighted by molar-refractivity contribution is -0.137. The maximum absolute atomic E-state index is 12.3. The zero-order valence-corrected chi connectivity index (χ0v) is 11.6. The number of carboxylic acids is 1. The number of hydrogen-bond donors (Lipinski definition) is 3. The fraction of sp³-hybridized carbons (Fsp3) is 0.467. The van der Waals surface area contributed by atoms with Gasteiger partial charge in [0.2, 0.25) is 5.91 Å². The summed E-state index contributed by atoms with van der Waals surface area (Å²) in [6.07, 6.45) is 1.28. The highest BCUT2D eigenvalue weighted by Crippen LogP contribution is 2.31. The van der Waals surface area contributed by atoms with Gasteiger partial charge in [-0.05, 0) is 31.4 Å². The Morgan fingerprint density at radius 2 is 2.20 bits per heavy atom. The van der Waals surface area contributed by atoms with Crippen LogP contribution < -0.4 is 10.6 Å². The topological polar surface area (TPSA) is 78.4 Å². The Hall–Kier alpha value is -2.04. The predicted octanol–water partition coefficient (Wildman–Crippen LogP) is 1.96. The smallest absolute Gasteiger partial charge is 0.303 e. The molecule has 5 heteroatoms. The summed E-state index contributed by atoms with van der Waals surface area (Å²) in [4.78, 5) is 22.9. The quantitative estimate of drug-likeness (QED) is 0.768. The Kier molecular flexibility index (Phi) is 4.61. The van der Waals surface area contributed by atoms with Crippen LogP contribution in [-0.2, 0) is 9.59 Å². The fourth-order valence-corrected chi connectivity index (χ4v) is 2.50. The van der Waals surface area contributed by atoms with Gasteiger partial charge in [0.1, 0.15) is 0 Å². The molecule has 0 saturated carbocycles. The molecule has 2 rings (SSSR count). The number of hydrogen-bond acceptors (Lipinski definition) is 3. The number of benzene rings is 1. The number of para-hydroxylation sites is 1. The van der Waals surface area contributed by atoms with Crippen LogP contribution in [-0.4, -0.2) is 29.6 Å². The second-order valence-electron chi connectivity index (χ2n) is 5.20. The van der Waals surface area contributed by atoms with Crippen molar-refractivity contribution in [3.8, 4) is 0 Å². The first-order chi connectivity index (χ1) is 9.58. The van der Waals surface area contributed by atoms with Crippen LogP contribution in [0.2, 0.25) is 0 Å². The zero-order chi connectivity index (χ0) is 14.5. The largest absolute Gasteiger partial charge is 0.481 e. The molecule has 1 aliphatic heterocycles. The summed E-state index contributed by atoms with van der Waals surface area (Å²) in [7, 11) is 0. The second kappa shape index (κ2) is 6.41. The van der Waals surface area contributed by atoms with Crippen LogP contribution in [0.3, 0.4) is 0 Å². The average molecular weight is 276 g/mol. The number of carboxylic acid groups (broad SMARTS) is 1. The maximum Gasteiger partial charge on any atom is 0.303 e. The Bertz CT molecular complexity index is 502. The Balaban J connectivity index is 1.98. The molecule has 1 amide bonds. The lowest BCUT2D eigenvalue weighted by atomic mass is 9.90. The molecule has 5 nitrogen and oxygen atoms in total. The minimum atomic E-state index is -0.835. The van der Waals surface area contributed by atoms with Crippen molar-refractivity contribution in [3.05, 3.63) is 29.8 Å². The van der Waals surface area contributed by atoms with Gasteiger partial charge in [0.25, 0.3) is 0 Å². The zero-order valence-electron chi connectivity index (χ0n) is 11.6. The van der Waals surface area contributed by atoms with Crippen molar-refractivity contribution in [2.75, 3.05) is 11.9 Å². The standard InChI is InChI=1S/C15H20N2O3/c1-10(6-7-14(18)19)17-15(20)12-8-9-16-13-5-3-2-4-11(12)13/h2-5,10,12,16H,6-9H2,1H3,(H,17,20)(H,18,19). The molecule has 0 aromatic heterocycles. The molecule has 0 aliphatic carbocycles. The van der Waals surface area contributed by atoms with Crippen LogP contribution in [0, 0.1) is 0 Å². The summed E-state index contributed by atoms with van der Waals surface area (Å²) < 4.78 is 0. The summed E-state index contributed by atoms with van der Waals surface area (Å²) in [5.74, 6) is -1.00. The highest BCUT2D eigenvalue weighted by molar-refractivity contribution is 5.86. The van der Waals surface area contributed by atoms with E-state index < -0.39 is 5.97 Å². The van der Waals surface area contributed by atoms with Crippen molar-refractivity contribution < 1.29 is 14.7 Å². The maximum atomic E-state index is 12.3. The van der Waals surface area contributed by atoms with E-state index in [0.717, 1.165) is 24.2 Å². The van der Waals surface area contributed by atoms with E-state index in [2.05, 4.69) is 10.6 Å². The lowest BCUT2D eigenvalue weighted by Gasteiger charge is -2.27. The second-order valence-corrected chi connectivity index (χ2v) is 5.20. The van der Waals surface area contributed by atoms with Crippen molar-refractivity contribution in [2.45, 2.75) is 38.1 Å². The molecule has 2 unspecified atom stereocenters. The molecule has 3 N–H and O–H groups in total. The molecular formula is C15H20N2O3. The first-order valence-electron chi connectivity index (χ1n) is 6.93. The van der Waals surface area contributed by atoms with Gasteiger partial charge in [-0.3, -0.25) is 9.59 Å². The summed E-state index contributed by atoms with van der Waals surface area (Å²) in [5, 5.41) is 14.9. The molecule has 1 aliphatic rings. The fourth-order valence-electron chi connectivity index (χ4n) is 2.50. The van der Waals surface area contributed by atoms with Gasteiger partial charge in [-0.25, -0.2) is 0 Å². The Labute approximate surface area is 118 Å². The number of rotatable bonds is 5. The van der Waals surface area contributed by atoms with E-state index in [1.54, 1.807) is 0 Å². The Morgan fingerprint density at radius 1 is 1.45 bits per heavy atom. The first-order valence-corrected chi connectivity index (χ1v) is 6.93. The number of nitrogens with one attached hydrogen (secondary N) is 2. The molecular weight excluding hydrogens is 256 g/mol. The molecule has 0 spiro atoms. The van der Waals surface area contributed by atoms with Gasteiger partial charge >= 0.3 is 5.97 Å². The van der Waals surface area contributed by atoms with Gasteiger partial charge in [-0.2, -0.15) is 0 Å². The van der Waals surface area contributed by atoms with Crippen molar-refractivity contribution in [1.82, 2.24) is 5.32 Å². The van der Waals surface area contributed by atoms with E-state index in [9.17, 15) is 9.59 Å². The van der Waals surface area contributed by atoms with Gasteiger partial charge in [0, 0.05) is 24.7 Å². The third-order valence-corrected chi connectivity index (χ3v) is 3.58. The lowest BCUT2D eigenvalue weighted by Crippen LogP contribution is -2.38. The minimum absolute atomic E-state index is 0.0168. The van der Waals surface area contributed by atoms with Gasteiger partial charge in [0.05, 0.1) is 5.92 Å². The van der Waals surface area contributed by atoms with Crippen LogP contribution in [0.15, 0.2) is 24.3 Å². The van der Waals surface area contributed by atoms with Crippen LogP contribution in [0.5, 0.6) is 0 Å². The van der Waals surface area contributed by atoms with E-state index in [1.807, 2.05) is 31.2 Å². The number of carbonyl (C=O) groups excluding carboxylic acids is 1. The molecule has 108 valence electrons. The van der Waals surface area contributed by atoms with Crippen LogP contribution in [0.25, 0.3) is 0 Å². The molecule has 0 radical (unpaired) electrons. The third kappa shape index (κ3) is 3.50. The summed E-state index contributed by atoms with van der Waals surface area (Å²) in [5.41, 5.74) is 2.03. The van der Waals surface area contributed by atoms with Crippen molar-refractivity contribution >= 4 is 17.6 Å². The van der Waals surface area contributed by atoms with Crippen LogP contribution >= 0.6 is 0 Å². The normalized spacial score (nSPS) is 18.6. The Morgan fingerprint density at radius 3 is 2.95 bits per heavy atom. The SMILES string of the molecule is CC(CCC(=O)O)NC(=O)C1CCNc2ccccc21. The van der Waals surface area contributed by atoms with E-state index in [4.69, 9.17) is 5.11 Å². The molecule has 1 heterocycles. The van der Waals surface area contributed by atoms with Crippen molar-refractivity contribution in [3.63, 3.8) is 0 Å². The van der Waals surface area contributed by atoms with Crippen molar-refractivity contribution in [2.24, 2.45) is 0 Å². The number of carbonyl (C=O) groups is 2. The monoisotopic (exact) mass is 276 g/mol. The summed E-state index contributed by atoms with van der Waals surface area (Å²) in [6, 6.07) is 7.69. The number of amides is 1. The van der Waals surface area contributed by atoms with Crippen molar-refractivity contribution in [1.29, 1.82) is 0 Å². The molecule has 1 aromatic carbocycles. The third-order valence-electron chi connectivity index (χ3n) is 3.58. The minimum Gasteiger partial charge on any atom is -0.481 e. The number of fused-ring (bicyclic) bond motifs is 1. The van der Waals surface area contributed by atoms with E-state index in [1.165, 1.54) is 0 Å². The summed E-state index contributed by atoms with van der Waals surface area (Å²) >= 11 is 0. The molecule has 20 heavy (non-hydrogen) atoms. The molecule has 1 aromatic rings. The highest BCUT2D eigenvalue weighted by atomic mass is 16.4. The summed E-state index contributed by atoms with van der Waals surface area (Å²) in [6.45, 7) is 2.62. The van der Waals surface area contributed by atoms with Gasteiger partial charge < -0.3 is 15.7 Å². The van der Waals surface area contributed by atoms with E-state index >= 15 is 0 Å². The van der Waals surface area contributed by atoms with Gasteiger partial charge in [0.15, 0.2) is 0 Å². The van der Waals surface area contributed by atoms with E-state index in [0.29, 0.717) is 6.42 Å². The number of anilines is 1. The average Bonchev–Trinajstić information content (AvgIpc) is 2.44. The molecule has 0 bridgehead atoms. The predicted molar refractivity (Wildman–Crippen MR) is 76.8 cm³/mol. The van der Waals surface area contributed by atoms with Gasteiger partial charge in [-0.15, -0.1) is 0 Å². The van der Waals surface area contributed by atoms with Crippen LogP contribution in [0.1, 0.15) is 37.7 Å². The number of aliphatic carboxylic acids is 1. The highest BCUT2D eigenvalue weighted by Gasteiger charge is 2.26. The molecule has 0 saturated heterocycles.